The number of halogens is 1. The van der Waals surface area contributed by atoms with E-state index in [2.05, 4.69) is 18.9 Å². The summed E-state index contributed by atoms with van der Waals surface area (Å²) in [5.74, 6) is 1.61. The molecule has 152 valence electrons. The number of hydrogen-bond donors (Lipinski definition) is 0. The Morgan fingerprint density at radius 2 is 1.83 bits per heavy atom. The van der Waals surface area contributed by atoms with E-state index in [1.165, 1.54) is 5.01 Å². The van der Waals surface area contributed by atoms with Gasteiger partial charge in [-0.2, -0.15) is 10.1 Å². The molecule has 2 aromatic rings. The molecule has 0 aliphatic carbocycles. The van der Waals surface area contributed by atoms with Gasteiger partial charge in [0.2, 0.25) is 0 Å². The molecule has 0 atom stereocenters. The number of benzene rings is 2. The molecule has 2 aromatic carbocycles. The van der Waals surface area contributed by atoms with Gasteiger partial charge in [-0.15, -0.1) is 0 Å². The lowest BCUT2D eigenvalue weighted by Crippen LogP contribution is -2.21. The summed E-state index contributed by atoms with van der Waals surface area (Å²) >= 11 is 5.94. The highest BCUT2D eigenvalue weighted by Crippen LogP contribution is 2.31. The number of hydrazone groups is 1. The lowest BCUT2D eigenvalue weighted by atomic mass is 10.1. The highest BCUT2D eigenvalue weighted by molar-refractivity contribution is 6.32. The van der Waals surface area contributed by atoms with Crippen LogP contribution in [0.15, 0.2) is 53.1 Å². The summed E-state index contributed by atoms with van der Waals surface area (Å²) in [6.45, 7) is 9.09. The molecule has 6 heteroatoms. The molecule has 0 unspecified atom stereocenters. The van der Waals surface area contributed by atoms with Crippen LogP contribution in [0, 0.1) is 5.92 Å². The summed E-state index contributed by atoms with van der Waals surface area (Å²) < 4.78 is 11.6. The molecule has 0 saturated carbocycles. The van der Waals surface area contributed by atoms with Gasteiger partial charge in [-0.3, -0.25) is 4.79 Å². The Balaban J connectivity index is 1.87. The van der Waals surface area contributed by atoms with Gasteiger partial charge in [-0.1, -0.05) is 31.5 Å². The summed E-state index contributed by atoms with van der Waals surface area (Å²) in [7, 11) is 0. The number of hydrogen-bond acceptors (Lipinski definition) is 4. The van der Waals surface area contributed by atoms with Crippen LogP contribution in [0.5, 0.6) is 11.5 Å². The second kappa shape index (κ2) is 9.14. The van der Waals surface area contributed by atoms with E-state index >= 15 is 0 Å². The summed E-state index contributed by atoms with van der Waals surface area (Å²) in [5, 5.41) is 6.41. The Kier molecular flexibility index (Phi) is 6.60. The third kappa shape index (κ3) is 4.98. The average molecular weight is 413 g/mol. The van der Waals surface area contributed by atoms with Crippen molar-refractivity contribution in [3.05, 3.63) is 58.6 Å². The fourth-order valence-corrected chi connectivity index (χ4v) is 2.99. The lowest BCUT2D eigenvalue weighted by molar-refractivity contribution is -0.114. The zero-order valence-corrected chi connectivity index (χ0v) is 17.9. The van der Waals surface area contributed by atoms with Crippen LogP contribution >= 0.6 is 11.6 Å². The predicted octanol–water partition coefficient (Wildman–Crippen LogP) is 5.58. The number of carbonyl (C=O) groups is 1. The summed E-state index contributed by atoms with van der Waals surface area (Å²) in [4.78, 5) is 12.9. The number of amides is 1. The van der Waals surface area contributed by atoms with Gasteiger partial charge in [-0.05, 0) is 67.8 Å². The second-order valence-corrected chi connectivity index (χ2v) is 7.62. The van der Waals surface area contributed by atoms with Crippen LogP contribution in [-0.2, 0) is 4.79 Å². The highest BCUT2D eigenvalue weighted by atomic mass is 35.5. The van der Waals surface area contributed by atoms with Crippen LogP contribution in [0.3, 0.4) is 0 Å². The number of anilines is 1. The van der Waals surface area contributed by atoms with Crippen molar-refractivity contribution in [2.45, 2.75) is 27.7 Å². The van der Waals surface area contributed by atoms with Gasteiger partial charge in [0.25, 0.3) is 5.91 Å². The summed E-state index contributed by atoms with van der Waals surface area (Å²) in [6.07, 6.45) is 1.83. The zero-order chi connectivity index (χ0) is 21.0. The standard InChI is InChI=1S/C23H25ClN2O3/c1-5-28-22-13-17(6-11-21(22)29-14-15(2)3)12-20-16(4)25-26(23(20)27)19-9-7-18(24)8-10-19/h6-13,15H,5,14H2,1-4H3/b20-12+. The Labute approximate surface area is 176 Å². The molecule has 1 aliphatic rings. The quantitative estimate of drug-likeness (QED) is 0.558. The Morgan fingerprint density at radius 1 is 1.10 bits per heavy atom. The Bertz CT molecular complexity index is 949. The smallest absolute Gasteiger partial charge is 0.280 e. The van der Waals surface area contributed by atoms with E-state index in [0.717, 1.165) is 5.56 Å². The first-order valence-corrected chi connectivity index (χ1v) is 10.0. The predicted molar refractivity (Wildman–Crippen MR) is 118 cm³/mol. The van der Waals surface area contributed by atoms with Crippen LogP contribution in [-0.4, -0.2) is 24.8 Å². The van der Waals surface area contributed by atoms with Crippen molar-refractivity contribution in [1.82, 2.24) is 0 Å². The van der Waals surface area contributed by atoms with Crippen molar-refractivity contribution >= 4 is 35.0 Å². The molecule has 3 rings (SSSR count). The third-order valence-electron chi connectivity index (χ3n) is 4.28. The van der Waals surface area contributed by atoms with E-state index in [-0.39, 0.29) is 5.91 Å². The zero-order valence-electron chi connectivity index (χ0n) is 17.1. The monoisotopic (exact) mass is 412 g/mol. The lowest BCUT2D eigenvalue weighted by Gasteiger charge is -2.14. The number of nitrogens with zero attached hydrogens (tertiary/aromatic N) is 2. The van der Waals surface area contributed by atoms with Crippen LogP contribution in [0.4, 0.5) is 5.69 Å². The van der Waals surface area contributed by atoms with Crippen LogP contribution in [0.2, 0.25) is 5.02 Å². The first-order chi connectivity index (χ1) is 13.9. The minimum Gasteiger partial charge on any atom is -0.490 e. The SMILES string of the molecule is CCOc1cc(/C=C2/C(=O)N(c3ccc(Cl)cc3)N=C2C)ccc1OCC(C)C. The molecular weight excluding hydrogens is 388 g/mol. The average Bonchev–Trinajstić information content (AvgIpc) is 2.96. The van der Waals surface area contributed by atoms with E-state index in [1.807, 2.05) is 38.1 Å². The van der Waals surface area contributed by atoms with Crippen LogP contribution < -0.4 is 14.5 Å². The second-order valence-electron chi connectivity index (χ2n) is 7.18. The largest absolute Gasteiger partial charge is 0.490 e. The molecule has 5 nitrogen and oxygen atoms in total. The van der Waals surface area contributed by atoms with Gasteiger partial charge in [-0.25, -0.2) is 0 Å². The van der Waals surface area contributed by atoms with E-state index in [0.29, 0.717) is 52.6 Å². The first-order valence-electron chi connectivity index (χ1n) is 9.66. The molecule has 1 aliphatic heterocycles. The van der Waals surface area contributed by atoms with Crippen molar-refractivity contribution in [2.24, 2.45) is 11.0 Å². The fourth-order valence-electron chi connectivity index (χ4n) is 2.87. The molecule has 0 N–H and O–H groups in total. The highest BCUT2D eigenvalue weighted by Gasteiger charge is 2.28. The van der Waals surface area contributed by atoms with Crippen LogP contribution in [0.25, 0.3) is 6.08 Å². The van der Waals surface area contributed by atoms with Gasteiger partial charge in [0.1, 0.15) is 0 Å². The van der Waals surface area contributed by atoms with E-state index in [9.17, 15) is 4.79 Å². The van der Waals surface area contributed by atoms with Crippen molar-refractivity contribution in [2.75, 3.05) is 18.2 Å². The van der Waals surface area contributed by atoms with Gasteiger partial charge in [0, 0.05) is 5.02 Å². The number of ether oxygens (including phenoxy) is 2. The van der Waals surface area contributed by atoms with Crippen molar-refractivity contribution < 1.29 is 14.3 Å². The van der Waals surface area contributed by atoms with Crippen LogP contribution in [0.1, 0.15) is 33.3 Å². The van der Waals surface area contributed by atoms with Gasteiger partial charge >= 0.3 is 0 Å². The Morgan fingerprint density at radius 3 is 2.48 bits per heavy atom. The van der Waals surface area contributed by atoms with Gasteiger partial charge in [0.05, 0.1) is 30.2 Å². The molecule has 0 radical (unpaired) electrons. The van der Waals surface area contributed by atoms with E-state index in [1.54, 1.807) is 24.3 Å². The van der Waals surface area contributed by atoms with Gasteiger partial charge in [0.15, 0.2) is 11.5 Å². The molecule has 29 heavy (non-hydrogen) atoms. The molecule has 0 aromatic heterocycles. The van der Waals surface area contributed by atoms with Crippen molar-refractivity contribution in [3.63, 3.8) is 0 Å². The summed E-state index contributed by atoms with van der Waals surface area (Å²) in [6, 6.07) is 12.7. The molecule has 0 saturated heterocycles. The molecule has 1 amide bonds. The minimum atomic E-state index is -0.178. The molecular formula is C23H25ClN2O3. The molecule has 0 spiro atoms. The topological polar surface area (TPSA) is 51.1 Å². The maximum atomic E-state index is 12.9. The minimum absolute atomic E-state index is 0.178. The molecule has 1 heterocycles. The fraction of sp³-hybridized carbons (Fsp3) is 0.304. The maximum Gasteiger partial charge on any atom is 0.280 e. The number of rotatable bonds is 7. The van der Waals surface area contributed by atoms with E-state index in [4.69, 9.17) is 21.1 Å². The summed E-state index contributed by atoms with van der Waals surface area (Å²) in [5.41, 5.74) is 2.72. The van der Waals surface area contributed by atoms with Gasteiger partial charge < -0.3 is 9.47 Å². The normalized spacial score (nSPS) is 15.2. The number of carbonyl (C=O) groups excluding carboxylic acids is 1. The molecule has 0 fully saturated rings. The first kappa shape index (κ1) is 20.9. The molecule has 0 bridgehead atoms. The van der Waals surface area contributed by atoms with Crippen molar-refractivity contribution in [3.8, 4) is 11.5 Å². The maximum absolute atomic E-state index is 12.9. The van der Waals surface area contributed by atoms with E-state index < -0.39 is 0 Å². The Hall–Kier alpha value is -2.79. The third-order valence-corrected chi connectivity index (χ3v) is 4.54. The van der Waals surface area contributed by atoms with Crippen molar-refractivity contribution in [1.29, 1.82) is 0 Å².